The summed E-state index contributed by atoms with van der Waals surface area (Å²) in [5.41, 5.74) is -0.947. The number of rotatable bonds is 17. The molecule has 2 fully saturated rings. The number of β-lactam (4-membered cyclic amide) rings is 1. The van der Waals surface area contributed by atoms with E-state index in [1.165, 1.54) is 48.5 Å². The Hall–Kier alpha value is -8.68. The van der Waals surface area contributed by atoms with Crippen molar-refractivity contribution < 1.29 is 47.9 Å². The van der Waals surface area contributed by atoms with Gasteiger partial charge in [0.2, 0.25) is 11.5 Å². The molecule has 0 spiro atoms. The number of nitrogens with zero attached hydrogens (tertiary/aromatic N) is 5. The van der Waals surface area contributed by atoms with Gasteiger partial charge >= 0.3 is 11.9 Å². The van der Waals surface area contributed by atoms with Crippen molar-refractivity contribution in [3.05, 3.63) is 209 Å². The number of oxime groups is 1. The molecule has 4 heterocycles. The second kappa shape index (κ2) is 21.6. The minimum Gasteiger partial charge on any atom is -0.504 e. The van der Waals surface area contributed by atoms with Crippen molar-refractivity contribution in [3.8, 4) is 11.5 Å². The van der Waals surface area contributed by atoms with Crippen molar-refractivity contribution in [1.29, 1.82) is 0 Å². The monoisotopic (exact) mass is 1100 g/mol. The molecule has 0 radical (unpaired) electrons. The van der Waals surface area contributed by atoms with E-state index in [9.17, 15) is 28.8 Å². The molecule has 79 heavy (non-hydrogen) atoms. The Kier molecular flexibility index (Phi) is 14.7. The summed E-state index contributed by atoms with van der Waals surface area (Å²) >= 11 is 1.19. The Morgan fingerprint density at radius 1 is 0.797 bits per heavy atom. The van der Waals surface area contributed by atoms with Gasteiger partial charge in [-0.05, 0) is 62.4 Å². The van der Waals surface area contributed by atoms with Crippen LogP contribution in [0.3, 0.4) is 0 Å². The Balaban J connectivity index is 0.978. The van der Waals surface area contributed by atoms with Crippen molar-refractivity contribution in [3.63, 3.8) is 0 Å². The van der Waals surface area contributed by atoms with Gasteiger partial charge < -0.3 is 44.6 Å². The van der Waals surface area contributed by atoms with E-state index in [2.05, 4.69) is 20.8 Å². The van der Waals surface area contributed by atoms with Gasteiger partial charge in [0.25, 0.3) is 5.91 Å². The molecule has 3 unspecified atom stereocenters. The van der Waals surface area contributed by atoms with Gasteiger partial charge in [-0.25, -0.2) is 14.8 Å². The third-order valence-corrected chi connectivity index (χ3v) is 16.4. The fourth-order valence-electron chi connectivity index (χ4n) is 9.88. The van der Waals surface area contributed by atoms with E-state index >= 15 is 4.79 Å². The van der Waals surface area contributed by atoms with Crippen molar-refractivity contribution in [2.45, 2.75) is 75.4 Å². The number of carbonyl (C=O) groups excluding carboxylic acids is 4. The molecule has 4 atom stereocenters. The number of benzene rings is 6. The van der Waals surface area contributed by atoms with Gasteiger partial charge in [-0.3, -0.25) is 18.6 Å². The fraction of sp³-hybridized carbons (Fsp3) is 0.250. The van der Waals surface area contributed by atoms with Gasteiger partial charge in [0.15, 0.2) is 28.4 Å². The zero-order chi connectivity index (χ0) is 55.7. The lowest BCUT2D eigenvalue weighted by Gasteiger charge is -2.53. The first-order valence-electron chi connectivity index (χ1n) is 25.4. The number of imidazole rings is 1. The molecule has 0 saturated carbocycles. The van der Waals surface area contributed by atoms with Gasteiger partial charge in [-0.2, -0.15) is 0 Å². The Bertz CT molecular complexity index is 3460. The number of amides is 2. The Labute approximate surface area is 462 Å². The summed E-state index contributed by atoms with van der Waals surface area (Å²) in [6, 6.07) is 49.1. The molecule has 2 aliphatic heterocycles. The molecule has 2 amide bonds. The van der Waals surface area contributed by atoms with Crippen LogP contribution < -0.4 is 10.6 Å². The van der Waals surface area contributed by atoms with Crippen molar-refractivity contribution >= 4 is 67.8 Å². The van der Waals surface area contributed by atoms with Crippen LogP contribution in [0.25, 0.3) is 11.0 Å². The number of esters is 2. The normalized spacial score (nSPS) is 18.6. The number of ether oxygens (including phenoxy) is 2. The maximum atomic E-state index is 15.1. The summed E-state index contributed by atoms with van der Waals surface area (Å²) in [7, 11) is -2.04. The molecular formula is C60H57N7O10S2. The smallest absolute Gasteiger partial charge is 0.353 e. The van der Waals surface area contributed by atoms with Crippen LogP contribution in [0.5, 0.6) is 11.5 Å². The molecule has 2 saturated heterocycles. The van der Waals surface area contributed by atoms with Crippen LogP contribution in [0.4, 0.5) is 5.13 Å². The average molecular weight is 1100 g/mol. The molecule has 10 rings (SSSR count). The van der Waals surface area contributed by atoms with E-state index in [-0.39, 0.29) is 24.5 Å². The van der Waals surface area contributed by atoms with Crippen molar-refractivity contribution in [2.75, 3.05) is 17.6 Å². The molecule has 4 N–H and O–H groups in total. The second-order valence-corrected chi connectivity index (χ2v) is 23.4. The van der Waals surface area contributed by atoms with Crippen LogP contribution in [0.1, 0.15) is 74.2 Å². The summed E-state index contributed by atoms with van der Waals surface area (Å²) in [6.07, 6.45) is 0.531. The lowest BCUT2D eigenvalue weighted by atomic mass is 9.77. The van der Waals surface area contributed by atoms with Crippen LogP contribution >= 0.6 is 11.3 Å². The number of hydrogen-bond donors (Lipinski definition) is 4. The maximum Gasteiger partial charge on any atom is 0.353 e. The summed E-state index contributed by atoms with van der Waals surface area (Å²) in [5.74, 6) is -4.23. The molecule has 404 valence electrons. The number of nitrogens with one attached hydrogen (secondary N) is 2. The lowest BCUT2D eigenvalue weighted by molar-refractivity contribution is -0.179. The van der Waals surface area contributed by atoms with Gasteiger partial charge in [0, 0.05) is 47.2 Å². The molecule has 2 aromatic heterocycles. The molecular weight excluding hydrogens is 1040 g/mol. The highest BCUT2D eigenvalue weighted by Gasteiger charge is 2.61. The van der Waals surface area contributed by atoms with Gasteiger partial charge in [-0.15, -0.1) is 11.3 Å². The maximum absolute atomic E-state index is 15.1. The average Bonchev–Trinajstić information content (AvgIpc) is 4.02. The van der Waals surface area contributed by atoms with Crippen LogP contribution in [-0.4, -0.2) is 98.2 Å². The fourth-order valence-corrected chi connectivity index (χ4v) is 12.6. The number of aromatic hydroxyl groups is 2. The van der Waals surface area contributed by atoms with Crippen LogP contribution in [-0.2, 0) is 56.4 Å². The van der Waals surface area contributed by atoms with Gasteiger partial charge in [0.05, 0.1) is 17.4 Å². The molecule has 0 bridgehead atoms. The van der Waals surface area contributed by atoms with Gasteiger partial charge in [-0.1, -0.05) is 157 Å². The first-order valence-corrected chi connectivity index (χ1v) is 27.7. The molecule has 8 aromatic rings. The highest BCUT2D eigenvalue weighted by atomic mass is 32.2. The third kappa shape index (κ3) is 10.8. The molecule has 19 heteroatoms. The molecule has 0 aliphatic carbocycles. The van der Waals surface area contributed by atoms with Crippen LogP contribution in [0.2, 0.25) is 0 Å². The Morgan fingerprint density at radius 2 is 1.33 bits per heavy atom. The van der Waals surface area contributed by atoms with E-state index in [0.717, 1.165) is 16.7 Å². The number of anilines is 1. The number of hydrogen-bond acceptors (Lipinski definition) is 15. The number of phenols is 2. The van der Waals surface area contributed by atoms with Gasteiger partial charge in [0.1, 0.15) is 33.7 Å². The topological polar surface area (TPSA) is 224 Å². The largest absolute Gasteiger partial charge is 0.504 e. The van der Waals surface area contributed by atoms with E-state index in [0.29, 0.717) is 27.3 Å². The minimum absolute atomic E-state index is 0.0292. The van der Waals surface area contributed by atoms with E-state index in [1.54, 1.807) is 30.7 Å². The number of aromatic nitrogens is 3. The summed E-state index contributed by atoms with van der Waals surface area (Å²) in [4.78, 5) is 74.6. The third-order valence-electron chi connectivity index (χ3n) is 13.8. The predicted molar refractivity (Wildman–Crippen MR) is 299 cm³/mol. The van der Waals surface area contributed by atoms with Crippen molar-refractivity contribution in [2.24, 2.45) is 10.6 Å². The highest BCUT2D eigenvalue weighted by molar-refractivity contribution is 7.86. The van der Waals surface area contributed by atoms with Crippen molar-refractivity contribution in [1.82, 2.24) is 24.8 Å². The minimum atomic E-state index is -2.04. The van der Waals surface area contributed by atoms with Crippen LogP contribution in [0, 0.1) is 5.41 Å². The van der Waals surface area contributed by atoms with E-state index < -0.39 is 91.4 Å². The number of thiazole rings is 1. The lowest BCUT2D eigenvalue weighted by Crippen LogP contribution is -2.77. The standard InChI is InChI=1S/C60H57N7O10S2/c1-57(2,3)76-54(72)58(4,5)77-65-48(44-33-78-56(62-44)64-60(40-25-15-8-16-26-40,41-27-17-9-18-28-41)42-29-19-10-20-30-42)51(70)63-49-52(71)67-35-59(36-79(74)53(49)67,34-66-37-61-43-31-46(68)47(69)32-45(43)66)55(73)75-50(38-21-11-6-12-22-38)39-23-13-7-14-24-39/h6-33,37,49-50,53,68-69H,34-36H2,1-5H3,(H,62,64)(H,63,70)/t49?,53-,59?,79?/m1/s1. The van der Waals surface area contributed by atoms with Crippen LogP contribution in [0.15, 0.2) is 181 Å². The first kappa shape index (κ1) is 53.7. The zero-order valence-electron chi connectivity index (χ0n) is 43.8. The summed E-state index contributed by atoms with van der Waals surface area (Å²) < 4.78 is 28.6. The second-order valence-electron chi connectivity index (χ2n) is 21.0. The number of carbonyl (C=O) groups is 4. The predicted octanol–water partition coefficient (Wildman–Crippen LogP) is 8.58. The SMILES string of the molecule is CC(C)(C)OC(=O)C(C)(C)ON=C(C(=O)NC1C(=O)N2CC(Cn3cnc4cc(O)c(O)cc43)(C(=O)OC(c3ccccc3)c3ccccc3)CS(=O)[C@H]12)c1csc(NC(c2ccccc2)(c2ccccc2)c2ccccc2)n1. The number of phenolic OH excluding ortho intramolecular Hbond substituents is 2. The Morgan fingerprint density at radius 3 is 1.87 bits per heavy atom. The summed E-state index contributed by atoms with van der Waals surface area (Å²) in [6.45, 7) is 7.52. The van der Waals surface area contributed by atoms with E-state index in [1.807, 2.05) is 152 Å². The molecule has 17 nitrogen and oxygen atoms in total. The molecule has 2 aliphatic rings. The summed E-state index contributed by atoms with van der Waals surface area (Å²) in [5, 5.41) is 32.4. The first-order chi connectivity index (χ1) is 37.9. The molecule has 6 aromatic carbocycles. The van der Waals surface area contributed by atoms with E-state index in [4.69, 9.17) is 19.3 Å². The quantitative estimate of drug-likeness (QED) is 0.0168. The highest BCUT2D eigenvalue weighted by Crippen LogP contribution is 2.43. The number of fused-ring (bicyclic) bond motifs is 2. The zero-order valence-corrected chi connectivity index (χ0v) is 45.4.